The molecule has 0 saturated heterocycles. The van der Waals surface area contributed by atoms with E-state index < -0.39 is 24.3 Å². The Morgan fingerprint density at radius 3 is 2.00 bits per heavy atom. The molecule has 1 unspecified atom stereocenters. The highest BCUT2D eigenvalue weighted by atomic mass is 16.5. The van der Waals surface area contributed by atoms with Crippen molar-refractivity contribution in [1.29, 1.82) is 0 Å². The van der Waals surface area contributed by atoms with E-state index in [1.807, 2.05) is 13.8 Å². The molecule has 120 valence electrons. The van der Waals surface area contributed by atoms with Crippen LogP contribution < -0.4 is 0 Å². The molecule has 0 heterocycles. The number of carbonyl (C=O) groups is 3. The monoisotopic (exact) mass is 300 g/mol. The molecule has 2 N–H and O–H groups in total. The number of aliphatic carboxylic acids is 2. The van der Waals surface area contributed by atoms with Crippen LogP contribution in [0.4, 0.5) is 0 Å². The van der Waals surface area contributed by atoms with Gasteiger partial charge in [0.25, 0.3) is 0 Å². The Morgan fingerprint density at radius 2 is 1.62 bits per heavy atom. The van der Waals surface area contributed by atoms with Gasteiger partial charge >= 0.3 is 17.9 Å². The first kappa shape index (κ1) is 19.1. The average Bonchev–Trinajstić information content (AvgIpc) is 2.44. The van der Waals surface area contributed by atoms with E-state index in [9.17, 15) is 19.5 Å². The van der Waals surface area contributed by atoms with Crippen LogP contribution in [0, 0.1) is 5.92 Å². The number of rotatable bonds is 10. The maximum Gasteiger partial charge on any atom is 0.332 e. The fraction of sp³-hybridized carbons (Fsp3) is 0.667. The smallest absolute Gasteiger partial charge is 0.332 e. The molecule has 1 atom stereocenters. The first-order valence-corrected chi connectivity index (χ1v) is 7.12. The highest BCUT2D eigenvalue weighted by molar-refractivity contribution is 6.01. The summed E-state index contributed by atoms with van der Waals surface area (Å²) in [7, 11) is 1.14. The van der Waals surface area contributed by atoms with Gasteiger partial charge in [0.15, 0.2) is 0 Å². The van der Waals surface area contributed by atoms with Crippen LogP contribution >= 0.6 is 0 Å². The second-order valence-electron chi connectivity index (χ2n) is 4.94. The van der Waals surface area contributed by atoms with Crippen molar-refractivity contribution in [1.82, 2.24) is 0 Å². The summed E-state index contributed by atoms with van der Waals surface area (Å²) in [6.07, 6.45) is 3.19. The van der Waals surface area contributed by atoms with Crippen LogP contribution in [0.1, 0.15) is 52.4 Å². The van der Waals surface area contributed by atoms with Gasteiger partial charge in [0.2, 0.25) is 0 Å². The van der Waals surface area contributed by atoms with Crippen molar-refractivity contribution in [2.24, 2.45) is 5.92 Å². The Bertz CT molecular complexity index is 410. The summed E-state index contributed by atoms with van der Waals surface area (Å²) in [5.41, 5.74) is -0.583. The average molecular weight is 300 g/mol. The summed E-state index contributed by atoms with van der Waals surface area (Å²) in [4.78, 5) is 33.9. The molecule has 6 nitrogen and oxygen atoms in total. The van der Waals surface area contributed by atoms with Crippen LogP contribution in [0.25, 0.3) is 0 Å². The molecule has 0 fully saturated rings. The van der Waals surface area contributed by atoms with Crippen molar-refractivity contribution in [2.45, 2.75) is 52.4 Å². The van der Waals surface area contributed by atoms with E-state index >= 15 is 0 Å². The van der Waals surface area contributed by atoms with Crippen molar-refractivity contribution >= 4 is 17.9 Å². The second-order valence-corrected chi connectivity index (χ2v) is 4.94. The number of carboxylic acid groups (broad SMARTS) is 2. The molecule has 0 aliphatic carbocycles. The van der Waals surface area contributed by atoms with Crippen molar-refractivity contribution < 1.29 is 29.3 Å². The molecule has 0 amide bonds. The van der Waals surface area contributed by atoms with Gasteiger partial charge < -0.3 is 14.9 Å². The molecule has 0 aliphatic rings. The quantitative estimate of drug-likeness (QED) is 0.475. The minimum absolute atomic E-state index is 0.100. The van der Waals surface area contributed by atoms with Crippen LogP contribution in [-0.2, 0) is 19.1 Å². The van der Waals surface area contributed by atoms with Crippen LogP contribution in [0.5, 0.6) is 0 Å². The Hall–Kier alpha value is -1.85. The SMILES string of the molecule is CCCCC(CC)C/C(C(=O)O)=C(/CC(=O)OC)C(=O)O. The molecule has 0 rings (SSSR count). The normalized spacial score (nSPS) is 13.3. The fourth-order valence-electron chi connectivity index (χ4n) is 2.10. The van der Waals surface area contributed by atoms with Crippen molar-refractivity contribution in [2.75, 3.05) is 7.11 Å². The van der Waals surface area contributed by atoms with Gasteiger partial charge in [-0.25, -0.2) is 9.59 Å². The standard InChI is InChI=1S/C15H24O6/c1-4-6-7-10(5-2)8-11(14(17)18)12(15(19)20)9-13(16)21-3/h10H,4-9H2,1-3H3,(H,17,18)(H,19,20)/b12-11+. The molecule has 0 aromatic carbocycles. The summed E-state index contributed by atoms with van der Waals surface area (Å²) < 4.78 is 4.43. The zero-order chi connectivity index (χ0) is 16.4. The Morgan fingerprint density at radius 1 is 1.05 bits per heavy atom. The van der Waals surface area contributed by atoms with E-state index in [1.165, 1.54) is 0 Å². The third-order valence-corrected chi connectivity index (χ3v) is 3.47. The largest absolute Gasteiger partial charge is 0.478 e. The molecule has 0 aromatic rings. The molecule has 0 aliphatic heterocycles. The molecule has 21 heavy (non-hydrogen) atoms. The molecular formula is C15H24O6. The lowest BCUT2D eigenvalue weighted by molar-refractivity contribution is -0.142. The van der Waals surface area contributed by atoms with E-state index in [0.717, 1.165) is 32.8 Å². The highest BCUT2D eigenvalue weighted by Gasteiger charge is 2.25. The first-order valence-electron chi connectivity index (χ1n) is 7.12. The molecule has 6 heteroatoms. The minimum atomic E-state index is -1.39. The Kier molecular flexibility index (Phi) is 9.08. The molecule has 0 aromatic heterocycles. The van der Waals surface area contributed by atoms with Crippen LogP contribution in [0.2, 0.25) is 0 Å². The molecule has 0 saturated carbocycles. The van der Waals surface area contributed by atoms with E-state index in [0.29, 0.717) is 0 Å². The third kappa shape index (κ3) is 6.92. The van der Waals surface area contributed by atoms with Crippen molar-refractivity contribution in [3.05, 3.63) is 11.1 Å². The fourth-order valence-corrected chi connectivity index (χ4v) is 2.10. The maximum absolute atomic E-state index is 11.4. The van der Waals surface area contributed by atoms with Crippen LogP contribution in [-0.4, -0.2) is 35.2 Å². The van der Waals surface area contributed by atoms with Crippen LogP contribution in [0.15, 0.2) is 11.1 Å². The van der Waals surface area contributed by atoms with Gasteiger partial charge in [-0.15, -0.1) is 0 Å². The number of unbranched alkanes of at least 4 members (excludes halogenated alkanes) is 1. The first-order chi connectivity index (χ1) is 9.87. The zero-order valence-electron chi connectivity index (χ0n) is 12.8. The van der Waals surface area contributed by atoms with E-state index in [2.05, 4.69) is 4.74 Å². The number of ether oxygens (including phenoxy) is 1. The summed E-state index contributed by atoms with van der Waals surface area (Å²) in [6, 6.07) is 0. The lowest BCUT2D eigenvalue weighted by Crippen LogP contribution is -2.17. The Labute approximate surface area is 124 Å². The van der Waals surface area contributed by atoms with Gasteiger partial charge in [-0.3, -0.25) is 4.79 Å². The molecule has 0 radical (unpaired) electrons. The van der Waals surface area contributed by atoms with Crippen LogP contribution in [0.3, 0.4) is 0 Å². The predicted octanol–water partition coefficient (Wildman–Crippen LogP) is 2.62. The van der Waals surface area contributed by atoms with Crippen molar-refractivity contribution in [3.63, 3.8) is 0 Å². The number of carboxylic acids is 2. The number of methoxy groups -OCH3 is 1. The van der Waals surface area contributed by atoms with Gasteiger partial charge in [0.1, 0.15) is 0 Å². The number of esters is 1. The number of hydrogen-bond donors (Lipinski definition) is 2. The molecular weight excluding hydrogens is 276 g/mol. The summed E-state index contributed by atoms with van der Waals surface area (Å²) >= 11 is 0. The highest BCUT2D eigenvalue weighted by Crippen LogP contribution is 2.25. The summed E-state index contributed by atoms with van der Waals surface area (Å²) in [5, 5.41) is 18.4. The maximum atomic E-state index is 11.4. The van der Waals surface area contributed by atoms with Gasteiger partial charge in [0.05, 0.1) is 19.1 Å². The molecule has 0 spiro atoms. The van der Waals surface area contributed by atoms with E-state index in [4.69, 9.17) is 5.11 Å². The summed E-state index contributed by atoms with van der Waals surface area (Å²) in [6.45, 7) is 3.99. The van der Waals surface area contributed by atoms with E-state index in [1.54, 1.807) is 0 Å². The number of hydrogen-bond acceptors (Lipinski definition) is 4. The molecule has 0 bridgehead atoms. The summed E-state index contributed by atoms with van der Waals surface area (Å²) in [5.74, 6) is -3.33. The van der Waals surface area contributed by atoms with Gasteiger partial charge in [-0.05, 0) is 12.3 Å². The minimum Gasteiger partial charge on any atom is -0.478 e. The topological polar surface area (TPSA) is 101 Å². The predicted molar refractivity (Wildman–Crippen MR) is 76.9 cm³/mol. The Balaban J connectivity index is 5.35. The zero-order valence-corrected chi connectivity index (χ0v) is 12.8. The lowest BCUT2D eigenvalue weighted by Gasteiger charge is -2.16. The van der Waals surface area contributed by atoms with Gasteiger partial charge in [-0.2, -0.15) is 0 Å². The lowest BCUT2D eigenvalue weighted by atomic mass is 9.89. The van der Waals surface area contributed by atoms with Crippen molar-refractivity contribution in [3.8, 4) is 0 Å². The number of carbonyl (C=O) groups excluding carboxylic acids is 1. The van der Waals surface area contributed by atoms with Gasteiger partial charge in [0, 0.05) is 5.57 Å². The second kappa shape index (κ2) is 9.96. The van der Waals surface area contributed by atoms with Gasteiger partial charge in [-0.1, -0.05) is 39.5 Å². The van der Waals surface area contributed by atoms with E-state index in [-0.39, 0.29) is 23.5 Å². The third-order valence-electron chi connectivity index (χ3n) is 3.47.